The monoisotopic (exact) mass is 536 g/mol. The van der Waals surface area contributed by atoms with Crippen molar-refractivity contribution in [2.24, 2.45) is 34.4 Å². The molecule has 11 heteroatoms. The van der Waals surface area contributed by atoms with Gasteiger partial charge in [0.1, 0.15) is 6.54 Å². The lowest BCUT2D eigenvalue weighted by Gasteiger charge is -2.31. The lowest BCUT2D eigenvalue weighted by atomic mass is 9.82. The highest BCUT2D eigenvalue weighted by Crippen LogP contribution is 2.25. The van der Waals surface area contributed by atoms with Crippen LogP contribution in [0.25, 0.3) is 6.08 Å². The molecule has 0 aromatic heterocycles. The summed E-state index contributed by atoms with van der Waals surface area (Å²) in [7, 11) is 0. The van der Waals surface area contributed by atoms with Gasteiger partial charge >= 0.3 is 0 Å². The first-order chi connectivity index (χ1) is 17.1. The highest BCUT2D eigenvalue weighted by atomic mass is 35.5. The van der Waals surface area contributed by atoms with Crippen molar-refractivity contribution in [1.29, 1.82) is 0 Å². The minimum Gasteiger partial charge on any atom is -0.370 e. The van der Waals surface area contributed by atoms with Gasteiger partial charge in [-0.3, -0.25) is 35.0 Å². The number of nitrogens with zero attached hydrogens (tertiary/aromatic N) is 3. The van der Waals surface area contributed by atoms with Gasteiger partial charge < -0.3 is 10.6 Å². The molecule has 2 atom stereocenters. The van der Waals surface area contributed by atoms with Crippen molar-refractivity contribution in [1.82, 2.24) is 20.8 Å². The van der Waals surface area contributed by atoms with Crippen molar-refractivity contribution in [3.05, 3.63) is 42.0 Å². The van der Waals surface area contributed by atoms with E-state index < -0.39 is 23.7 Å². The molecule has 5 N–H and O–H groups in total. The minimum atomic E-state index is -0.824. The molecular formula is C26H41ClN6O4. The van der Waals surface area contributed by atoms with Gasteiger partial charge in [-0.15, -0.1) is 12.4 Å². The topological polar surface area (TPSA) is 140 Å². The second-order valence-corrected chi connectivity index (χ2v) is 9.90. The van der Waals surface area contributed by atoms with Crippen LogP contribution in [0.4, 0.5) is 0 Å². The summed E-state index contributed by atoms with van der Waals surface area (Å²) in [5.74, 6) is -2.49. The van der Waals surface area contributed by atoms with Gasteiger partial charge in [0, 0.05) is 13.1 Å². The molecular weight excluding hydrogens is 496 g/mol. The van der Waals surface area contributed by atoms with Gasteiger partial charge in [0.2, 0.25) is 11.8 Å². The normalized spacial score (nSPS) is 14.8. The first-order valence-electron chi connectivity index (χ1n) is 12.4. The molecule has 37 heavy (non-hydrogen) atoms. The number of benzene rings is 1. The molecule has 3 amide bonds. The number of hydrogen-bond donors (Lipinski definition) is 4. The summed E-state index contributed by atoms with van der Waals surface area (Å²) in [6.07, 6.45) is 4.34. The van der Waals surface area contributed by atoms with E-state index in [4.69, 9.17) is 5.73 Å². The maximum absolute atomic E-state index is 13.5. The fourth-order valence-corrected chi connectivity index (χ4v) is 4.11. The lowest BCUT2D eigenvalue weighted by Crippen LogP contribution is -2.55. The van der Waals surface area contributed by atoms with E-state index in [-0.39, 0.29) is 43.1 Å². The molecule has 0 aliphatic carbocycles. The number of halogens is 1. The number of hydrazine groups is 1. The van der Waals surface area contributed by atoms with Crippen molar-refractivity contribution in [3.63, 3.8) is 0 Å². The third kappa shape index (κ3) is 10.4. The van der Waals surface area contributed by atoms with Gasteiger partial charge in [-0.2, -0.15) is 0 Å². The number of carbonyl (C=O) groups is 3. The molecule has 0 unspecified atom stereocenters. The van der Waals surface area contributed by atoms with Crippen LogP contribution < -0.4 is 16.6 Å². The Balaban J connectivity index is 0.00000684. The van der Waals surface area contributed by atoms with E-state index in [0.717, 1.165) is 5.56 Å². The van der Waals surface area contributed by atoms with Crippen LogP contribution in [0.1, 0.15) is 46.1 Å². The Morgan fingerprint density at radius 1 is 1.11 bits per heavy atom. The fourth-order valence-electron chi connectivity index (χ4n) is 4.11. The standard InChI is InChI=1S/C26H40N6O4.ClH/c1-18(2)15-22(21(25(35)30-36)12-8-11-20-9-6-5-7-10-20)24(34)29-32(16-19(3)4)23(33)17-31-14-13-28-26(31)27;/h5-11,18-19,21-22,36H,12-17H2,1-4H3,(H2,27,28)(H,29,34)(H,30,35);1H/t21-,22+;/m0./s1. The number of carbonyl (C=O) groups excluding carboxylic acids is 3. The molecule has 0 spiro atoms. The first kappa shape index (κ1) is 31.9. The Labute approximate surface area is 225 Å². The Hall–Kier alpha value is -3.11. The molecule has 1 aliphatic rings. The molecule has 0 saturated carbocycles. The van der Waals surface area contributed by atoms with E-state index >= 15 is 0 Å². The van der Waals surface area contributed by atoms with Crippen molar-refractivity contribution in [2.75, 3.05) is 26.2 Å². The summed E-state index contributed by atoms with van der Waals surface area (Å²) in [4.78, 5) is 45.0. The maximum Gasteiger partial charge on any atom is 0.260 e. The number of aliphatic imine (C=N–C) groups is 1. The van der Waals surface area contributed by atoms with Crippen LogP contribution in [0.5, 0.6) is 0 Å². The van der Waals surface area contributed by atoms with Crippen molar-refractivity contribution in [3.8, 4) is 0 Å². The molecule has 1 heterocycles. The number of nitrogens with two attached hydrogens (primary N) is 1. The van der Waals surface area contributed by atoms with Crippen molar-refractivity contribution in [2.45, 2.75) is 40.5 Å². The Bertz CT molecular complexity index is 938. The molecule has 2 rings (SSSR count). The molecule has 1 aromatic carbocycles. The number of allylic oxidation sites excluding steroid dienone is 1. The number of hydrogen-bond acceptors (Lipinski definition) is 7. The summed E-state index contributed by atoms with van der Waals surface area (Å²) in [6, 6.07) is 9.60. The molecule has 0 radical (unpaired) electrons. The number of amides is 3. The predicted octanol–water partition coefficient (Wildman–Crippen LogP) is 2.44. The molecule has 0 saturated heterocycles. The van der Waals surface area contributed by atoms with Crippen LogP contribution in [0, 0.1) is 23.7 Å². The van der Waals surface area contributed by atoms with Crippen LogP contribution >= 0.6 is 12.4 Å². The Morgan fingerprint density at radius 3 is 2.32 bits per heavy atom. The third-order valence-electron chi connectivity index (χ3n) is 5.88. The van der Waals surface area contributed by atoms with Crippen LogP contribution in [-0.4, -0.2) is 65.0 Å². The summed E-state index contributed by atoms with van der Waals surface area (Å²) in [5, 5.41) is 10.7. The van der Waals surface area contributed by atoms with Crippen molar-refractivity contribution < 1.29 is 19.6 Å². The fraction of sp³-hybridized carbons (Fsp3) is 0.538. The zero-order valence-electron chi connectivity index (χ0n) is 22.1. The van der Waals surface area contributed by atoms with Crippen LogP contribution in [0.2, 0.25) is 0 Å². The second kappa shape index (κ2) is 15.9. The molecule has 0 fully saturated rings. The number of guanidine groups is 1. The van der Waals surface area contributed by atoms with E-state index in [9.17, 15) is 19.6 Å². The molecule has 10 nitrogen and oxygen atoms in total. The lowest BCUT2D eigenvalue weighted by molar-refractivity contribution is -0.148. The summed E-state index contributed by atoms with van der Waals surface area (Å²) >= 11 is 0. The zero-order valence-corrected chi connectivity index (χ0v) is 22.9. The largest absolute Gasteiger partial charge is 0.370 e. The smallest absolute Gasteiger partial charge is 0.260 e. The number of rotatable bonds is 12. The maximum atomic E-state index is 13.5. The van der Waals surface area contributed by atoms with E-state index in [1.54, 1.807) is 10.4 Å². The minimum absolute atomic E-state index is 0. The molecule has 1 aliphatic heterocycles. The quantitative estimate of drug-likeness (QED) is 0.239. The van der Waals surface area contributed by atoms with Crippen LogP contribution in [0.15, 0.2) is 41.4 Å². The molecule has 0 bridgehead atoms. The third-order valence-corrected chi connectivity index (χ3v) is 5.88. The second-order valence-electron chi connectivity index (χ2n) is 9.90. The SMILES string of the molecule is CC(C)C[C@@H](C(=O)NN(CC(C)C)C(=O)CN1CCN=C1N)[C@H](CC=Cc1ccccc1)C(=O)NO.Cl. The summed E-state index contributed by atoms with van der Waals surface area (Å²) < 4.78 is 0. The Kier molecular flexibility index (Phi) is 13.7. The number of nitrogens with one attached hydrogen (secondary N) is 2. The summed E-state index contributed by atoms with van der Waals surface area (Å²) in [6.45, 7) is 9.18. The zero-order chi connectivity index (χ0) is 26.7. The van der Waals surface area contributed by atoms with Gasteiger partial charge in [-0.25, -0.2) is 5.48 Å². The van der Waals surface area contributed by atoms with Crippen LogP contribution in [0.3, 0.4) is 0 Å². The number of hydroxylamine groups is 1. The highest BCUT2D eigenvalue weighted by Gasteiger charge is 2.35. The van der Waals surface area contributed by atoms with Gasteiger partial charge in [-0.05, 0) is 30.2 Å². The van der Waals surface area contributed by atoms with E-state index in [0.29, 0.717) is 32.0 Å². The molecule has 206 valence electrons. The molecule has 1 aromatic rings. The Morgan fingerprint density at radius 2 is 1.78 bits per heavy atom. The van der Waals surface area contributed by atoms with Gasteiger partial charge in [-0.1, -0.05) is 70.2 Å². The first-order valence-corrected chi connectivity index (χ1v) is 12.4. The van der Waals surface area contributed by atoms with Gasteiger partial charge in [0.15, 0.2) is 5.96 Å². The van der Waals surface area contributed by atoms with Gasteiger partial charge in [0.05, 0.1) is 18.4 Å². The van der Waals surface area contributed by atoms with E-state index in [2.05, 4.69) is 10.4 Å². The van der Waals surface area contributed by atoms with E-state index in [1.807, 2.05) is 70.2 Å². The van der Waals surface area contributed by atoms with Gasteiger partial charge in [0.25, 0.3) is 5.91 Å². The summed E-state index contributed by atoms with van der Waals surface area (Å²) in [5.41, 5.74) is 11.3. The van der Waals surface area contributed by atoms with Crippen molar-refractivity contribution >= 4 is 42.2 Å². The van der Waals surface area contributed by atoms with E-state index in [1.165, 1.54) is 5.01 Å². The van der Waals surface area contributed by atoms with Crippen LogP contribution in [-0.2, 0) is 14.4 Å². The predicted molar refractivity (Wildman–Crippen MR) is 146 cm³/mol. The highest BCUT2D eigenvalue weighted by molar-refractivity contribution is 5.90. The average Bonchev–Trinajstić information content (AvgIpc) is 3.24. The average molecular weight is 537 g/mol.